The fourth-order valence-electron chi connectivity index (χ4n) is 0.943. The monoisotopic (exact) mass is 226 g/mol. The third-order valence-electron chi connectivity index (χ3n) is 1.74. The largest absolute Gasteiger partial charge is 0.464 e. The Morgan fingerprint density at radius 3 is 2.31 bits per heavy atom. The van der Waals surface area contributed by atoms with Crippen molar-refractivity contribution >= 4 is 12.0 Å². The Kier molecular flexibility index (Phi) is 5.97. The van der Waals surface area contributed by atoms with E-state index in [0.29, 0.717) is 6.61 Å². The summed E-state index contributed by atoms with van der Waals surface area (Å²) in [5.74, 6) is -0.226. The minimum Gasteiger partial charge on any atom is -0.464 e. The molecule has 0 aromatic rings. The molecule has 0 saturated heterocycles. The van der Waals surface area contributed by atoms with Gasteiger partial charge in [0.05, 0.1) is 18.2 Å². The van der Waals surface area contributed by atoms with Crippen LogP contribution in [0.15, 0.2) is 9.98 Å². The van der Waals surface area contributed by atoms with Crippen molar-refractivity contribution in [3.63, 3.8) is 0 Å². The predicted octanol–water partition coefficient (Wildman–Crippen LogP) is 2.55. The second-order valence-corrected chi connectivity index (χ2v) is 4.95. The first kappa shape index (κ1) is 14.8. The highest BCUT2D eigenvalue weighted by atomic mass is 16.5. The Labute approximate surface area is 97.8 Å². The van der Waals surface area contributed by atoms with Gasteiger partial charge in [0.25, 0.3) is 0 Å². The standard InChI is InChI=1S/C12H22N2O2/c1-7-16-11(15)10(9(2)3)13-8-14-12(4,5)6/h9-10H,7H2,1-6H3/t10-/m1/s1. The highest BCUT2D eigenvalue weighted by Gasteiger charge is 2.22. The summed E-state index contributed by atoms with van der Waals surface area (Å²) in [6.07, 6.45) is 0. The van der Waals surface area contributed by atoms with E-state index in [-0.39, 0.29) is 17.4 Å². The van der Waals surface area contributed by atoms with E-state index in [1.807, 2.05) is 34.6 Å². The van der Waals surface area contributed by atoms with Crippen molar-refractivity contribution < 1.29 is 9.53 Å². The van der Waals surface area contributed by atoms with Crippen LogP contribution >= 0.6 is 0 Å². The summed E-state index contributed by atoms with van der Waals surface area (Å²) in [5.41, 5.74) is -0.223. The molecule has 0 aliphatic rings. The van der Waals surface area contributed by atoms with Gasteiger partial charge >= 0.3 is 5.97 Å². The van der Waals surface area contributed by atoms with Crippen LogP contribution in [0.1, 0.15) is 41.5 Å². The lowest BCUT2D eigenvalue weighted by molar-refractivity contribution is -0.145. The maximum Gasteiger partial charge on any atom is 0.332 e. The number of carbonyl (C=O) groups excluding carboxylic acids is 1. The van der Waals surface area contributed by atoms with Gasteiger partial charge in [-0.25, -0.2) is 14.8 Å². The molecule has 0 heterocycles. The fraction of sp³-hybridized carbons (Fsp3) is 0.833. The van der Waals surface area contributed by atoms with E-state index < -0.39 is 6.04 Å². The van der Waals surface area contributed by atoms with Crippen LogP contribution in [0.25, 0.3) is 0 Å². The Morgan fingerprint density at radius 2 is 1.94 bits per heavy atom. The van der Waals surface area contributed by atoms with Crippen LogP contribution in [0, 0.1) is 5.92 Å². The van der Waals surface area contributed by atoms with Crippen LogP contribution in [0.5, 0.6) is 0 Å². The molecular weight excluding hydrogens is 204 g/mol. The number of esters is 1. The van der Waals surface area contributed by atoms with Gasteiger partial charge in [-0.05, 0) is 33.6 Å². The van der Waals surface area contributed by atoms with Gasteiger partial charge in [-0.3, -0.25) is 0 Å². The molecule has 0 amide bonds. The van der Waals surface area contributed by atoms with E-state index in [2.05, 4.69) is 16.0 Å². The zero-order valence-corrected chi connectivity index (χ0v) is 11.1. The van der Waals surface area contributed by atoms with Crippen molar-refractivity contribution in [3.8, 4) is 0 Å². The van der Waals surface area contributed by atoms with Gasteiger partial charge in [0.2, 0.25) is 0 Å². The van der Waals surface area contributed by atoms with Gasteiger partial charge in [-0.2, -0.15) is 0 Å². The van der Waals surface area contributed by atoms with Crippen molar-refractivity contribution in [1.29, 1.82) is 0 Å². The zero-order chi connectivity index (χ0) is 12.8. The van der Waals surface area contributed by atoms with Crippen LogP contribution in [0.3, 0.4) is 0 Å². The molecule has 0 saturated carbocycles. The molecule has 4 heteroatoms. The number of nitrogens with zero attached hydrogens (tertiary/aromatic N) is 2. The lowest BCUT2D eigenvalue weighted by atomic mass is 10.1. The summed E-state index contributed by atoms with van der Waals surface area (Å²) < 4.78 is 4.93. The Morgan fingerprint density at radius 1 is 1.38 bits per heavy atom. The third-order valence-corrected chi connectivity index (χ3v) is 1.74. The highest BCUT2D eigenvalue weighted by Crippen LogP contribution is 2.09. The Bertz CT molecular complexity index is 284. The summed E-state index contributed by atoms with van der Waals surface area (Å²) in [6, 6.07) is 2.09. The van der Waals surface area contributed by atoms with Crippen molar-refractivity contribution in [2.75, 3.05) is 6.61 Å². The first-order valence-corrected chi connectivity index (χ1v) is 5.61. The molecule has 0 unspecified atom stereocenters. The summed E-state index contributed by atoms with van der Waals surface area (Å²) in [7, 11) is 0. The lowest BCUT2D eigenvalue weighted by Gasteiger charge is -2.13. The Hall–Kier alpha value is -1.15. The molecule has 0 N–H and O–H groups in total. The van der Waals surface area contributed by atoms with E-state index in [1.54, 1.807) is 6.92 Å². The average molecular weight is 226 g/mol. The van der Waals surface area contributed by atoms with E-state index in [0.717, 1.165) is 0 Å². The van der Waals surface area contributed by atoms with Gasteiger partial charge in [0.1, 0.15) is 0 Å². The smallest absolute Gasteiger partial charge is 0.332 e. The average Bonchev–Trinajstić information content (AvgIpc) is 2.10. The van der Waals surface area contributed by atoms with E-state index >= 15 is 0 Å². The quantitative estimate of drug-likeness (QED) is 0.546. The van der Waals surface area contributed by atoms with Gasteiger partial charge in [-0.1, -0.05) is 13.8 Å². The first-order valence-electron chi connectivity index (χ1n) is 5.61. The van der Waals surface area contributed by atoms with Crippen molar-refractivity contribution in [2.45, 2.75) is 53.1 Å². The molecule has 0 aromatic carbocycles. The maximum absolute atomic E-state index is 11.5. The summed E-state index contributed by atoms with van der Waals surface area (Å²) >= 11 is 0. The number of aliphatic imine (C=N–C) groups is 2. The molecular formula is C12H22N2O2. The van der Waals surface area contributed by atoms with E-state index in [1.165, 1.54) is 0 Å². The summed E-state index contributed by atoms with van der Waals surface area (Å²) in [6.45, 7) is 11.8. The van der Waals surface area contributed by atoms with Gasteiger partial charge in [-0.15, -0.1) is 0 Å². The fourth-order valence-corrected chi connectivity index (χ4v) is 0.943. The molecule has 4 nitrogen and oxygen atoms in total. The molecule has 0 bridgehead atoms. The molecule has 92 valence electrons. The van der Waals surface area contributed by atoms with Crippen molar-refractivity contribution in [1.82, 2.24) is 0 Å². The molecule has 0 radical (unpaired) electrons. The topological polar surface area (TPSA) is 51.0 Å². The predicted molar refractivity (Wildman–Crippen MR) is 64.9 cm³/mol. The second-order valence-electron chi connectivity index (χ2n) is 4.95. The molecule has 16 heavy (non-hydrogen) atoms. The molecule has 0 aromatic heterocycles. The maximum atomic E-state index is 11.5. The van der Waals surface area contributed by atoms with E-state index in [9.17, 15) is 4.79 Å². The van der Waals surface area contributed by atoms with Crippen molar-refractivity contribution in [2.24, 2.45) is 15.9 Å². The highest BCUT2D eigenvalue weighted by molar-refractivity contribution is 5.77. The molecule has 0 rings (SSSR count). The van der Waals surface area contributed by atoms with Gasteiger partial charge < -0.3 is 4.74 Å². The molecule has 1 atom stereocenters. The number of ether oxygens (including phenoxy) is 1. The third kappa shape index (κ3) is 6.36. The second kappa shape index (κ2) is 6.44. The number of rotatable bonds is 4. The molecule has 0 fully saturated rings. The van der Waals surface area contributed by atoms with Crippen LogP contribution in [-0.2, 0) is 9.53 Å². The zero-order valence-electron chi connectivity index (χ0n) is 11.1. The number of hydrogen-bond acceptors (Lipinski definition) is 4. The minimum absolute atomic E-state index is 0.0849. The summed E-state index contributed by atoms with van der Waals surface area (Å²) in [5, 5.41) is 0. The SMILES string of the molecule is CCOC(=O)[C@H](N=C=NC(C)(C)C)C(C)C. The number of hydrogen-bond donors (Lipinski definition) is 0. The van der Waals surface area contributed by atoms with Gasteiger partial charge in [0, 0.05) is 0 Å². The van der Waals surface area contributed by atoms with Crippen LogP contribution in [0.2, 0.25) is 0 Å². The Balaban J connectivity index is 4.70. The normalized spacial score (nSPS) is 12.9. The van der Waals surface area contributed by atoms with E-state index in [4.69, 9.17) is 4.74 Å². The minimum atomic E-state index is -0.508. The van der Waals surface area contributed by atoms with Crippen LogP contribution in [-0.4, -0.2) is 30.2 Å². The summed E-state index contributed by atoms with van der Waals surface area (Å²) in [4.78, 5) is 19.7. The van der Waals surface area contributed by atoms with Crippen molar-refractivity contribution in [3.05, 3.63) is 0 Å². The lowest BCUT2D eigenvalue weighted by Crippen LogP contribution is -2.26. The first-order chi connectivity index (χ1) is 7.28. The molecule has 0 spiro atoms. The number of carbonyl (C=O) groups is 1. The van der Waals surface area contributed by atoms with Crippen LogP contribution < -0.4 is 0 Å². The molecule has 0 aliphatic carbocycles. The van der Waals surface area contributed by atoms with Crippen LogP contribution in [0.4, 0.5) is 0 Å². The van der Waals surface area contributed by atoms with Gasteiger partial charge in [0.15, 0.2) is 6.04 Å². The molecule has 0 aliphatic heterocycles.